The number of hydrogen-bond donors (Lipinski definition) is 1. The molecule has 5 nitrogen and oxygen atoms in total. The summed E-state index contributed by atoms with van der Waals surface area (Å²) >= 11 is 0. The molecule has 0 spiro atoms. The molecule has 0 bridgehead atoms. The van der Waals surface area contributed by atoms with Gasteiger partial charge in [0.15, 0.2) is 0 Å². The molecule has 0 unspecified atom stereocenters. The number of anilines is 1. The molecule has 23 heavy (non-hydrogen) atoms. The Bertz CT molecular complexity index is 821. The standard InChI is InChI=1S/C18H20N2O3/c1-4-20-10-12(8-9-15(20)21)19-17(22)13-6-5-7-14-16(13)23-11-18(14,2)3/h5-10H,4,11H2,1-3H3,(H,19,22). The molecular formula is C18H20N2O3. The van der Waals surface area contributed by atoms with E-state index in [2.05, 4.69) is 19.2 Å². The highest BCUT2D eigenvalue weighted by molar-refractivity contribution is 6.06. The molecule has 0 saturated carbocycles. The number of nitrogens with one attached hydrogen (secondary N) is 1. The maximum atomic E-state index is 12.6. The molecule has 2 aromatic rings. The van der Waals surface area contributed by atoms with Gasteiger partial charge in [0.2, 0.25) is 0 Å². The number of nitrogens with zero attached hydrogens (tertiary/aromatic N) is 1. The van der Waals surface area contributed by atoms with Crippen LogP contribution in [0.2, 0.25) is 0 Å². The van der Waals surface area contributed by atoms with Gasteiger partial charge in [0, 0.05) is 29.8 Å². The van der Waals surface area contributed by atoms with Crippen LogP contribution in [0, 0.1) is 0 Å². The minimum Gasteiger partial charge on any atom is -0.492 e. The fourth-order valence-electron chi connectivity index (χ4n) is 2.79. The fourth-order valence-corrected chi connectivity index (χ4v) is 2.79. The molecular weight excluding hydrogens is 292 g/mol. The third-order valence-electron chi connectivity index (χ3n) is 4.15. The van der Waals surface area contributed by atoms with Crippen LogP contribution in [0.15, 0.2) is 41.3 Å². The monoisotopic (exact) mass is 312 g/mol. The first kappa shape index (κ1) is 15.3. The molecule has 1 aliphatic heterocycles. The van der Waals surface area contributed by atoms with E-state index in [1.807, 2.05) is 19.1 Å². The van der Waals surface area contributed by atoms with E-state index >= 15 is 0 Å². The molecule has 120 valence electrons. The SMILES string of the molecule is CCn1cc(NC(=O)c2cccc3c2OCC3(C)C)ccc1=O. The highest BCUT2D eigenvalue weighted by Gasteiger charge is 2.34. The van der Waals surface area contributed by atoms with Gasteiger partial charge in [-0.1, -0.05) is 26.0 Å². The Labute approximate surface area is 134 Å². The lowest BCUT2D eigenvalue weighted by molar-refractivity contribution is 0.102. The number of fused-ring (bicyclic) bond motifs is 1. The van der Waals surface area contributed by atoms with Gasteiger partial charge in [0.05, 0.1) is 17.9 Å². The second-order valence-electron chi connectivity index (χ2n) is 6.35. The number of ether oxygens (including phenoxy) is 1. The summed E-state index contributed by atoms with van der Waals surface area (Å²) in [6.45, 7) is 7.19. The highest BCUT2D eigenvalue weighted by atomic mass is 16.5. The lowest BCUT2D eigenvalue weighted by Gasteiger charge is -2.15. The molecule has 0 radical (unpaired) electrons. The minimum absolute atomic E-state index is 0.0869. The average molecular weight is 312 g/mol. The Hall–Kier alpha value is -2.56. The first-order valence-electron chi connectivity index (χ1n) is 7.70. The number of aromatic nitrogens is 1. The second-order valence-corrected chi connectivity index (χ2v) is 6.35. The summed E-state index contributed by atoms with van der Waals surface area (Å²) in [4.78, 5) is 24.2. The Morgan fingerprint density at radius 1 is 1.30 bits per heavy atom. The van der Waals surface area contributed by atoms with Crippen molar-refractivity contribution in [3.63, 3.8) is 0 Å². The van der Waals surface area contributed by atoms with Crippen LogP contribution in [0.1, 0.15) is 36.7 Å². The van der Waals surface area contributed by atoms with Crippen LogP contribution in [0.5, 0.6) is 5.75 Å². The lowest BCUT2D eigenvalue weighted by atomic mass is 9.86. The zero-order chi connectivity index (χ0) is 16.6. The number of carbonyl (C=O) groups is 1. The molecule has 1 aromatic carbocycles. The Morgan fingerprint density at radius 2 is 2.09 bits per heavy atom. The van der Waals surface area contributed by atoms with E-state index in [4.69, 9.17) is 4.74 Å². The number of amides is 1. The van der Waals surface area contributed by atoms with Crippen LogP contribution in [0.3, 0.4) is 0 Å². The van der Waals surface area contributed by atoms with Gasteiger partial charge in [-0.05, 0) is 19.1 Å². The predicted molar refractivity (Wildman–Crippen MR) is 89.3 cm³/mol. The summed E-state index contributed by atoms with van der Waals surface area (Å²) in [7, 11) is 0. The molecule has 0 fully saturated rings. The van der Waals surface area contributed by atoms with Crippen molar-refractivity contribution in [3.05, 3.63) is 58.0 Å². The van der Waals surface area contributed by atoms with Crippen LogP contribution in [-0.2, 0) is 12.0 Å². The normalized spacial score (nSPS) is 14.9. The van der Waals surface area contributed by atoms with E-state index < -0.39 is 0 Å². The molecule has 1 aliphatic rings. The minimum atomic E-state index is -0.235. The van der Waals surface area contributed by atoms with Crippen molar-refractivity contribution in [2.75, 3.05) is 11.9 Å². The van der Waals surface area contributed by atoms with Crippen molar-refractivity contribution in [1.29, 1.82) is 0 Å². The molecule has 3 rings (SSSR count). The van der Waals surface area contributed by atoms with E-state index in [0.717, 1.165) is 5.56 Å². The maximum absolute atomic E-state index is 12.6. The first-order valence-corrected chi connectivity index (χ1v) is 7.70. The number of hydrogen-bond acceptors (Lipinski definition) is 3. The second kappa shape index (κ2) is 5.57. The maximum Gasteiger partial charge on any atom is 0.259 e. The quantitative estimate of drug-likeness (QED) is 0.948. The summed E-state index contributed by atoms with van der Waals surface area (Å²) in [6, 6.07) is 8.69. The lowest BCUT2D eigenvalue weighted by Crippen LogP contribution is -2.20. The number of benzene rings is 1. The molecule has 2 heterocycles. The summed E-state index contributed by atoms with van der Waals surface area (Å²) < 4.78 is 7.30. The van der Waals surface area contributed by atoms with E-state index in [1.165, 1.54) is 6.07 Å². The van der Waals surface area contributed by atoms with E-state index in [-0.39, 0.29) is 16.9 Å². The Morgan fingerprint density at radius 3 is 2.83 bits per heavy atom. The van der Waals surface area contributed by atoms with Crippen molar-refractivity contribution in [2.45, 2.75) is 32.7 Å². The first-order chi connectivity index (χ1) is 10.9. The summed E-state index contributed by atoms with van der Waals surface area (Å²) in [5.74, 6) is 0.416. The summed E-state index contributed by atoms with van der Waals surface area (Å²) in [5.41, 5.74) is 1.97. The van der Waals surface area contributed by atoms with Gasteiger partial charge in [0.25, 0.3) is 11.5 Å². The largest absolute Gasteiger partial charge is 0.492 e. The van der Waals surface area contributed by atoms with E-state index in [1.54, 1.807) is 22.9 Å². The Kier molecular flexibility index (Phi) is 3.72. The van der Waals surface area contributed by atoms with Gasteiger partial charge < -0.3 is 14.6 Å². The van der Waals surface area contributed by atoms with Crippen LogP contribution in [0.4, 0.5) is 5.69 Å². The zero-order valence-corrected chi connectivity index (χ0v) is 13.6. The molecule has 5 heteroatoms. The van der Waals surface area contributed by atoms with Gasteiger partial charge in [0.1, 0.15) is 5.75 Å². The zero-order valence-electron chi connectivity index (χ0n) is 13.6. The van der Waals surface area contributed by atoms with Crippen LogP contribution in [-0.4, -0.2) is 17.1 Å². The van der Waals surface area contributed by atoms with Crippen LogP contribution in [0.25, 0.3) is 0 Å². The third-order valence-corrected chi connectivity index (χ3v) is 4.15. The van der Waals surface area contributed by atoms with Gasteiger partial charge in [-0.3, -0.25) is 9.59 Å². The van der Waals surface area contributed by atoms with Gasteiger partial charge in [-0.2, -0.15) is 0 Å². The average Bonchev–Trinajstić information content (AvgIpc) is 2.84. The van der Waals surface area contributed by atoms with Crippen molar-refractivity contribution >= 4 is 11.6 Å². The Balaban J connectivity index is 1.91. The van der Waals surface area contributed by atoms with Crippen LogP contribution >= 0.6 is 0 Å². The number of aryl methyl sites for hydroxylation is 1. The summed E-state index contributed by atoms with van der Waals surface area (Å²) in [6.07, 6.45) is 1.65. The molecule has 0 atom stereocenters. The number of para-hydroxylation sites is 1. The number of rotatable bonds is 3. The number of carbonyl (C=O) groups excluding carboxylic acids is 1. The molecule has 0 saturated heterocycles. The van der Waals surface area contributed by atoms with Crippen molar-refractivity contribution in [3.8, 4) is 5.75 Å². The number of pyridine rings is 1. The third kappa shape index (κ3) is 2.74. The fraction of sp³-hybridized carbons (Fsp3) is 0.333. The highest BCUT2D eigenvalue weighted by Crippen LogP contribution is 2.40. The van der Waals surface area contributed by atoms with Gasteiger partial charge >= 0.3 is 0 Å². The van der Waals surface area contributed by atoms with E-state index in [9.17, 15) is 9.59 Å². The van der Waals surface area contributed by atoms with Gasteiger partial charge in [-0.25, -0.2) is 0 Å². The van der Waals surface area contributed by atoms with Crippen molar-refractivity contribution in [1.82, 2.24) is 4.57 Å². The van der Waals surface area contributed by atoms with Crippen molar-refractivity contribution < 1.29 is 9.53 Å². The summed E-state index contributed by atoms with van der Waals surface area (Å²) in [5, 5.41) is 2.84. The smallest absolute Gasteiger partial charge is 0.259 e. The van der Waals surface area contributed by atoms with E-state index in [0.29, 0.717) is 30.2 Å². The molecule has 1 N–H and O–H groups in total. The van der Waals surface area contributed by atoms with Gasteiger partial charge in [-0.15, -0.1) is 0 Å². The topological polar surface area (TPSA) is 60.3 Å². The molecule has 0 aliphatic carbocycles. The molecule has 1 aromatic heterocycles. The van der Waals surface area contributed by atoms with Crippen molar-refractivity contribution in [2.24, 2.45) is 0 Å². The van der Waals surface area contributed by atoms with Crippen LogP contribution < -0.4 is 15.6 Å². The predicted octanol–water partition coefficient (Wildman–Crippen LogP) is 2.79. The molecule has 1 amide bonds.